The number of hydrogen-bond donors (Lipinski definition) is 1. The number of hydrogen-bond acceptors (Lipinski definition) is 2. The van der Waals surface area contributed by atoms with Crippen LogP contribution in [0.3, 0.4) is 0 Å². The van der Waals surface area contributed by atoms with Crippen molar-refractivity contribution in [2.75, 3.05) is 6.61 Å². The average Bonchev–Trinajstić information content (AvgIpc) is 2.53. The normalized spacial score (nSPS) is 11.5. The molecule has 0 atom stereocenters. The Morgan fingerprint density at radius 2 is 1.70 bits per heavy atom. The van der Waals surface area contributed by atoms with Crippen molar-refractivity contribution >= 4 is 5.97 Å². The molecule has 0 heterocycles. The van der Waals surface area contributed by atoms with E-state index in [1.165, 1.54) is 30.3 Å². The van der Waals surface area contributed by atoms with Crippen molar-refractivity contribution in [2.24, 2.45) is 0 Å². The first kappa shape index (κ1) is 16.8. The maximum atomic E-state index is 12.8. The fraction of sp³-hybridized carbons (Fsp3) is 0.188. The summed E-state index contributed by atoms with van der Waals surface area (Å²) in [5, 5.41) is 9.13. The number of benzene rings is 2. The van der Waals surface area contributed by atoms with Gasteiger partial charge in [-0.3, -0.25) is 0 Å². The summed E-state index contributed by atoms with van der Waals surface area (Å²) in [5.41, 5.74) is 1.07. The molecule has 0 saturated carbocycles. The minimum absolute atomic E-state index is 0.0121. The lowest BCUT2D eigenvalue weighted by atomic mass is 10.00. The van der Waals surface area contributed by atoms with Crippen LogP contribution >= 0.6 is 0 Å². The molecule has 0 aliphatic heterocycles. The van der Waals surface area contributed by atoms with Crippen LogP contribution in [0.25, 0.3) is 11.1 Å². The lowest BCUT2D eigenvalue weighted by Crippen LogP contribution is -2.33. The number of rotatable bonds is 6. The maximum Gasteiger partial charge on any atom is 0.340 e. The third kappa shape index (κ3) is 4.00. The van der Waals surface area contributed by atoms with Gasteiger partial charge < -0.3 is 9.84 Å². The first-order valence-corrected chi connectivity index (χ1v) is 6.53. The minimum Gasteiger partial charge on any atom is -0.487 e. The summed E-state index contributed by atoms with van der Waals surface area (Å²) in [6, 6.07) is 11.8. The van der Waals surface area contributed by atoms with Gasteiger partial charge in [-0.15, -0.1) is 0 Å². The molecule has 0 bridgehead atoms. The van der Waals surface area contributed by atoms with E-state index in [-0.39, 0.29) is 11.3 Å². The van der Waals surface area contributed by atoms with Crippen LogP contribution in [0.5, 0.6) is 5.75 Å². The van der Waals surface area contributed by atoms with Gasteiger partial charge in [0.25, 0.3) is 0 Å². The van der Waals surface area contributed by atoms with Crippen LogP contribution in [-0.4, -0.2) is 30.0 Å². The van der Waals surface area contributed by atoms with Crippen LogP contribution < -0.4 is 4.74 Å². The van der Waals surface area contributed by atoms with Gasteiger partial charge in [-0.2, -0.15) is 8.78 Å². The Hall–Kier alpha value is -2.57. The fourth-order valence-corrected chi connectivity index (χ4v) is 1.89. The molecule has 0 radical (unpaired) electrons. The van der Waals surface area contributed by atoms with Gasteiger partial charge in [0.05, 0.1) is 5.56 Å². The van der Waals surface area contributed by atoms with Gasteiger partial charge in [-0.1, -0.05) is 30.3 Å². The number of carboxylic acids is 1. The molecule has 122 valence electrons. The summed E-state index contributed by atoms with van der Waals surface area (Å²) < 4.78 is 54.3. The Morgan fingerprint density at radius 3 is 2.26 bits per heavy atom. The second kappa shape index (κ2) is 6.68. The lowest BCUT2D eigenvalue weighted by molar-refractivity contribution is -0.148. The van der Waals surface area contributed by atoms with Crippen LogP contribution in [0.2, 0.25) is 0 Å². The number of aromatic carboxylic acids is 1. The highest BCUT2D eigenvalue weighted by Gasteiger charge is 2.41. The van der Waals surface area contributed by atoms with E-state index in [0.717, 1.165) is 0 Å². The zero-order valence-corrected chi connectivity index (χ0v) is 11.7. The third-order valence-corrected chi connectivity index (χ3v) is 3.07. The molecule has 2 aromatic carbocycles. The van der Waals surface area contributed by atoms with Crippen molar-refractivity contribution in [3.63, 3.8) is 0 Å². The first-order valence-electron chi connectivity index (χ1n) is 6.53. The lowest BCUT2D eigenvalue weighted by Gasteiger charge is -2.16. The number of halogens is 4. The van der Waals surface area contributed by atoms with Gasteiger partial charge in [-0.25, -0.2) is 13.6 Å². The van der Waals surface area contributed by atoms with E-state index in [1.807, 2.05) is 0 Å². The number of carboxylic acid groups (broad SMARTS) is 1. The van der Waals surface area contributed by atoms with Crippen molar-refractivity contribution < 1.29 is 32.2 Å². The van der Waals surface area contributed by atoms with Crippen molar-refractivity contribution in [2.45, 2.75) is 12.3 Å². The summed E-state index contributed by atoms with van der Waals surface area (Å²) in [4.78, 5) is 11.2. The fourth-order valence-electron chi connectivity index (χ4n) is 1.89. The second-order valence-corrected chi connectivity index (χ2v) is 4.73. The molecular formula is C16H12F4O3. The molecular weight excluding hydrogens is 316 g/mol. The highest BCUT2D eigenvalue weighted by atomic mass is 19.3. The third-order valence-electron chi connectivity index (χ3n) is 3.07. The molecule has 0 fully saturated rings. The van der Waals surface area contributed by atoms with Gasteiger partial charge in [0.2, 0.25) is 0 Å². The predicted octanol–water partition coefficient (Wildman–Crippen LogP) is 4.33. The SMILES string of the molecule is O=C(O)c1ccccc1-c1ccc(OCC(F)(F)C(F)F)cc1. The van der Waals surface area contributed by atoms with E-state index in [9.17, 15) is 22.4 Å². The molecule has 0 aromatic heterocycles. The topological polar surface area (TPSA) is 46.5 Å². The van der Waals surface area contributed by atoms with Gasteiger partial charge in [0, 0.05) is 0 Å². The first-order chi connectivity index (χ1) is 10.8. The molecule has 3 nitrogen and oxygen atoms in total. The smallest absolute Gasteiger partial charge is 0.340 e. The van der Waals surface area contributed by atoms with Gasteiger partial charge in [0.15, 0.2) is 6.61 Å². The minimum atomic E-state index is -4.23. The van der Waals surface area contributed by atoms with Gasteiger partial charge in [0.1, 0.15) is 5.75 Å². The Labute approximate surface area is 129 Å². The monoisotopic (exact) mass is 328 g/mol. The molecule has 0 spiro atoms. The van der Waals surface area contributed by atoms with E-state index < -0.39 is 24.9 Å². The number of ether oxygens (including phenoxy) is 1. The van der Waals surface area contributed by atoms with Crippen LogP contribution in [0.4, 0.5) is 17.6 Å². The summed E-state index contributed by atoms with van der Waals surface area (Å²) >= 11 is 0. The standard InChI is InChI=1S/C16H12F4O3/c17-15(18)16(19,20)9-23-11-7-5-10(6-8-11)12-3-1-2-4-13(12)14(21)22/h1-8,15H,9H2,(H,21,22). The molecule has 7 heteroatoms. The maximum absolute atomic E-state index is 12.8. The van der Waals surface area contributed by atoms with Crippen molar-refractivity contribution in [3.05, 3.63) is 54.1 Å². The van der Waals surface area contributed by atoms with E-state index in [2.05, 4.69) is 4.74 Å². The summed E-state index contributed by atoms with van der Waals surface area (Å²) in [5.74, 6) is -5.34. The summed E-state index contributed by atoms with van der Waals surface area (Å²) in [6.07, 6.45) is -3.80. The van der Waals surface area contributed by atoms with Gasteiger partial charge >= 0.3 is 18.3 Å². The number of carbonyl (C=O) groups is 1. The Balaban J connectivity index is 2.16. The molecule has 23 heavy (non-hydrogen) atoms. The van der Waals surface area contributed by atoms with E-state index in [1.54, 1.807) is 18.2 Å². The van der Waals surface area contributed by atoms with Crippen molar-refractivity contribution in [1.82, 2.24) is 0 Å². The Bertz CT molecular complexity index is 684. The quantitative estimate of drug-likeness (QED) is 0.803. The van der Waals surface area contributed by atoms with Crippen molar-refractivity contribution in [1.29, 1.82) is 0 Å². The predicted molar refractivity (Wildman–Crippen MR) is 75.3 cm³/mol. The molecule has 1 N–H and O–H groups in total. The number of alkyl halides is 4. The zero-order chi connectivity index (χ0) is 17.0. The second-order valence-electron chi connectivity index (χ2n) is 4.73. The molecule has 2 rings (SSSR count). The highest BCUT2D eigenvalue weighted by Crippen LogP contribution is 2.28. The molecule has 0 aliphatic rings. The van der Waals surface area contributed by atoms with E-state index in [0.29, 0.717) is 11.1 Å². The molecule has 2 aromatic rings. The summed E-state index contributed by atoms with van der Waals surface area (Å²) in [6.45, 7) is -1.43. The molecule has 0 saturated heterocycles. The van der Waals surface area contributed by atoms with E-state index in [4.69, 9.17) is 5.11 Å². The van der Waals surface area contributed by atoms with Gasteiger partial charge in [-0.05, 0) is 29.3 Å². The summed E-state index contributed by atoms with van der Waals surface area (Å²) in [7, 11) is 0. The van der Waals surface area contributed by atoms with E-state index >= 15 is 0 Å². The highest BCUT2D eigenvalue weighted by molar-refractivity contribution is 5.96. The largest absolute Gasteiger partial charge is 0.487 e. The average molecular weight is 328 g/mol. The Morgan fingerprint density at radius 1 is 1.09 bits per heavy atom. The van der Waals surface area contributed by atoms with Crippen LogP contribution in [0.1, 0.15) is 10.4 Å². The Kier molecular flexibility index (Phi) is 4.88. The molecule has 0 unspecified atom stereocenters. The molecule has 0 amide bonds. The van der Waals surface area contributed by atoms with Crippen LogP contribution in [0.15, 0.2) is 48.5 Å². The zero-order valence-electron chi connectivity index (χ0n) is 11.7. The van der Waals surface area contributed by atoms with Crippen LogP contribution in [0, 0.1) is 0 Å². The van der Waals surface area contributed by atoms with Crippen molar-refractivity contribution in [3.8, 4) is 16.9 Å². The van der Waals surface area contributed by atoms with Crippen LogP contribution in [-0.2, 0) is 0 Å². The molecule has 0 aliphatic carbocycles.